The molecule has 5 nitrogen and oxygen atoms in total. The van der Waals surface area contributed by atoms with Crippen LogP contribution in [0.3, 0.4) is 0 Å². The van der Waals surface area contributed by atoms with Gasteiger partial charge in [0.05, 0.1) is 11.6 Å². The largest absolute Gasteiger partial charge is 0.341 e. The Kier molecular flexibility index (Phi) is 6.53. The SMILES string of the molecule is CSCC(NC(=O)c1ccccc1F)C(=O)NCC#N. The van der Waals surface area contributed by atoms with Gasteiger partial charge in [-0.15, -0.1) is 0 Å². The Hall–Kier alpha value is -2.07. The first kappa shape index (κ1) is 16.0. The molecule has 0 aromatic heterocycles. The number of carbonyl (C=O) groups is 2. The molecule has 1 unspecified atom stereocenters. The Labute approximate surface area is 120 Å². The highest BCUT2D eigenvalue weighted by Crippen LogP contribution is 2.07. The number of hydrogen-bond acceptors (Lipinski definition) is 4. The summed E-state index contributed by atoms with van der Waals surface area (Å²) in [5.41, 5.74) is -0.119. The van der Waals surface area contributed by atoms with Crippen molar-refractivity contribution in [3.63, 3.8) is 0 Å². The summed E-state index contributed by atoms with van der Waals surface area (Å²) in [6.07, 6.45) is 1.78. The number of halogens is 1. The first-order valence-electron chi connectivity index (χ1n) is 5.79. The fourth-order valence-corrected chi connectivity index (χ4v) is 2.05. The van der Waals surface area contributed by atoms with Crippen molar-refractivity contribution in [3.05, 3.63) is 35.6 Å². The molecule has 0 saturated heterocycles. The maximum atomic E-state index is 13.5. The highest BCUT2D eigenvalue weighted by molar-refractivity contribution is 7.98. The smallest absolute Gasteiger partial charge is 0.254 e. The van der Waals surface area contributed by atoms with E-state index < -0.39 is 23.7 Å². The van der Waals surface area contributed by atoms with Crippen molar-refractivity contribution in [1.82, 2.24) is 10.6 Å². The zero-order valence-corrected chi connectivity index (χ0v) is 11.7. The fraction of sp³-hybridized carbons (Fsp3) is 0.308. The maximum absolute atomic E-state index is 13.5. The van der Waals surface area contributed by atoms with E-state index in [2.05, 4.69) is 10.6 Å². The lowest BCUT2D eigenvalue weighted by molar-refractivity contribution is -0.122. The monoisotopic (exact) mass is 295 g/mol. The number of benzene rings is 1. The Bertz CT molecular complexity index is 531. The first-order chi connectivity index (χ1) is 9.60. The molecular formula is C13H14FN3O2S. The summed E-state index contributed by atoms with van der Waals surface area (Å²) in [4.78, 5) is 23.7. The van der Waals surface area contributed by atoms with Gasteiger partial charge in [0, 0.05) is 5.75 Å². The normalized spacial score (nSPS) is 11.2. The molecule has 2 N–H and O–H groups in total. The number of hydrogen-bond donors (Lipinski definition) is 2. The van der Waals surface area contributed by atoms with Gasteiger partial charge < -0.3 is 10.6 Å². The zero-order chi connectivity index (χ0) is 15.0. The molecule has 0 fully saturated rings. The van der Waals surface area contributed by atoms with E-state index in [0.29, 0.717) is 5.75 Å². The number of nitriles is 1. The molecule has 1 rings (SSSR count). The van der Waals surface area contributed by atoms with Gasteiger partial charge in [0.2, 0.25) is 5.91 Å². The van der Waals surface area contributed by atoms with Crippen LogP contribution in [0.4, 0.5) is 4.39 Å². The molecule has 106 valence electrons. The van der Waals surface area contributed by atoms with E-state index in [4.69, 9.17) is 5.26 Å². The highest BCUT2D eigenvalue weighted by atomic mass is 32.2. The Morgan fingerprint density at radius 3 is 2.75 bits per heavy atom. The van der Waals surface area contributed by atoms with Crippen LogP contribution in [0.15, 0.2) is 24.3 Å². The van der Waals surface area contributed by atoms with Crippen LogP contribution < -0.4 is 10.6 Å². The van der Waals surface area contributed by atoms with Crippen LogP contribution in [0.25, 0.3) is 0 Å². The van der Waals surface area contributed by atoms with Crippen LogP contribution in [0, 0.1) is 17.1 Å². The van der Waals surface area contributed by atoms with E-state index in [9.17, 15) is 14.0 Å². The quantitative estimate of drug-likeness (QED) is 0.765. The van der Waals surface area contributed by atoms with Crippen molar-refractivity contribution < 1.29 is 14.0 Å². The average Bonchev–Trinajstić information content (AvgIpc) is 2.44. The van der Waals surface area contributed by atoms with Crippen molar-refractivity contribution in [2.75, 3.05) is 18.6 Å². The number of thioether (sulfide) groups is 1. The van der Waals surface area contributed by atoms with E-state index in [1.165, 1.54) is 36.0 Å². The molecule has 0 heterocycles. The van der Waals surface area contributed by atoms with Crippen LogP contribution in [0.2, 0.25) is 0 Å². The maximum Gasteiger partial charge on any atom is 0.254 e. The number of nitrogens with zero attached hydrogens (tertiary/aromatic N) is 1. The lowest BCUT2D eigenvalue weighted by atomic mass is 10.2. The van der Waals surface area contributed by atoms with Crippen LogP contribution in [0.5, 0.6) is 0 Å². The third kappa shape index (κ3) is 4.55. The summed E-state index contributed by atoms with van der Waals surface area (Å²) in [6.45, 7) is -0.140. The minimum atomic E-state index is -0.814. The van der Waals surface area contributed by atoms with Gasteiger partial charge in [-0.25, -0.2) is 4.39 Å². The van der Waals surface area contributed by atoms with Crippen molar-refractivity contribution in [2.24, 2.45) is 0 Å². The molecular weight excluding hydrogens is 281 g/mol. The molecule has 2 amide bonds. The topological polar surface area (TPSA) is 82.0 Å². The summed E-state index contributed by atoms with van der Waals surface area (Å²) in [5.74, 6) is -1.44. The lowest BCUT2D eigenvalue weighted by Gasteiger charge is -2.16. The van der Waals surface area contributed by atoms with Gasteiger partial charge in [0.15, 0.2) is 0 Å². The zero-order valence-electron chi connectivity index (χ0n) is 10.9. The lowest BCUT2D eigenvalue weighted by Crippen LogP contribution is -2.48. The van der Waals surface area contributed by atoms with Gasteiger partial charge in [-0.1, -0.05) is 12.1 Å². The van der Waals surface area contributed by atoms with Crippen LogP contribution >= 0.6 is 11.8 Å². The molecule has 20 heavy (non-hydrogen) atoms. The molecule has 1 aromatic carbocycles. The summed E-state index contributed by atoms with van der Waals surface area (Å²) < 4.78 is 13.5. The minimum Gasteiger partial charge on any atom is -0.341 e. The molecule has 0 aliphatic carbocycles. The predicted molar refractivity (Wildman–Crippen MR) is 74.7 cm³/mol. The summed E-state index contributed by atoms with van der Waals surface area (Å²) >= 11 is 1.36. The molecule has 0 spiro atoms. The van der Waals surface area contributed by atoms with Crippen LogP contribution in [-0.4, -0.2) is 36.4 Å². The fourth-order valence-electron chi connectivity index (χ4n) is 1.48. The van der Waals surface area contributed by atoms with Gasteiger partial charge >= 0.3 is 0 Å². The molecule has 7 heteroatoms. The van der Waals surface area contributed by atoms with Gasteiger partial charge in [-0.05, 0) is 18.4 Å². The Morgan fingerprint density at radius 1 is 1.45 bits per heavy atom. The van der Waals surface area contributed by atoms with Gasteiger partial charge in [-0.2, -0.15) is 17.0 Å². The minimum absolute atomic E-state index is 0.119. The molecule has 0 aliphatic heterocycles. The van der Waals surface area contributed by atoms with E-state index in [1.54, 1.807) is 12.3 Å². The molecule has 0 saturated carbocycles. The molecule has 1 aromatic rings. The van der Waals surface area contributed by atoms with E-state index in [1.807, 2.05) is 0 Å². The van der Waals surface area contributed by atoms with Crippen molar-refractivity contribution in [2.45, 2.75) is 6.04 Å². The first-order valence-corrected chi connectivity index (χ1v) is 7.18. The second-order valence-corrected chi connectivity index (χ2v) is 4.75. The number of carbonyl (C=O) groups excluding carboxylic acids is 2. The van der Waals surface area contributed by atoms with E-state index in [0.717, 1.165) is 0 Å². The van der Waals surface area contributed by atoms with Crippen molar-refractivity contribution in [1.29, 1.82) is 5.26 Å². The van der Waals surface area contributed by atoms with Gasteiger partial charge in [0.1, 0.15) is 18.4 Å². The van der Waals surface area contributed by atoms with Gasteiger partial charge in [0.25, 0.3) is 5.91 Å². The van der Waals surface area contributed by atoms with E-state index in [-0.39, 0.29) is 12.1 Å². The standard InChI is InChI=1S/C13H14FN3O2S/c1-20-8-11(13(19)16-7-6-15)17-12(18)9-4-2-3-5-10(9)14/h2-5,11H,7-8H2,1H3,(H,16,19)(H,17,18). The molecule has 0 bridgehead atoms. The number of nitrogens with one attached hydrogen (secondary N) is 2. The molecule has 0 aliphatic rings. The number of rotatable bonds is 6. The average molecular weight is 295 g/mol. The number of amides is 2. The van der Waals surface area contributed by atoms with Crippen molar-refractivity contribution in [3.8, 4) is 6.07 Å². The third-order valence-corrected chi connectivity index (χ3v) is 3.08. The molecule has 0 radical (unpaired) electrons. The predicted octanol–water partition coefficient (Wildman–Crippen LogP) is 0.927. The third-order valence-electron chi connectivity index (χ3n) is 2.42. The van der Waals surface area contributed by atoms with E-state index >= 15 is 0 Å². The molecule has 1 atom stereocenters. The second kappa shape index (κ2) is 8.17. The van der Waals surface area contributed by atoms with Crippen LogP contribution in [-0.2, 0) is 4.79 Å². The van der Waals surface area contributed by atoms with Crippen molar-refractivity contribution >= 4 is 23.6 Å². The second-order valence-electron chi connectivity index (χ2n) is 3.84. The summed E-state index contributed by atoms with van der Waals surface area (Å²) in [7, 11) is 0. The Morgan fingerprint density at radius 2 is 2.15 bits per heavy atom. The summed E-state index contributed by atoms with van der Waals surface area (Å²) in [6, 6.07) is 6.50. The highest BCUT2D eigenvalue weighted by Gasteiger charge is 2.21. The van der Waals surface area contributed by atoms with Crippen LogP contribution in [0.1, 0.15) is 10.4 Å². The van der Waals surface area contributed by atoms with Gasteiger partial charge in [-0.3, -0.25) is 9.59 Å². The Balaban J connectivity index is 2.75. The summed E-state index contributed by atoms with van der Waals surface area (Å²) in [5, 5.41) is 13.2.